The normalized spacial score (nSPS) is 19.4. The van der Waals surface area contributed by atoms with Gasteiger partial charge in [0.05, 0.1) is 6.26 Å². The number of nitrogens with one attached hydrogen (secondary N) is 2. The highest BCUT2D eigenvalue weighted by Gasteiger charge is 2.37. The summed E-state index contributed by atoms with van der Waals surface area (Å²) in [6, 6.07) is 15.5. The van der Waals surface area contributed by atoms with E-state index in [4.69, 9.17) is 4.42 Å². The average molecular weight is 418 g/mol. The average Bonchev–Trinajstić information content (AvgIpc) is 3.31. The second-order valence-electron chi connectivity index (χ2n) is 8.02. The second kappa shape index (κ2) is 7.79. The molecule has 2 atom stereocenters. The van der Waals surface area contributed by atoms with Gasteiger partial charge < -0.3 is 24.5 Å². The van der Waals surface area contributed by atoms with Gasteiger partial charge in [-0.05, 0) is 48.7 Å². The van der Waals surface area contributed by atoms with Crippen LogP contribution in [0.25, 0.3) is 0 Å². The van der Waals surface area contributed by atoms with E-state index in [9.17, 15) is 14.4 Å². The number of hydrogen-bond acceptors (Lipinski definition) is 4. The molecular weight excluding hydrogens is 396 g/mol. The fraction of sp³-hybridized carbons (Fsp3) is 0.261. The van der Waals surface area contributed by atoms with Gasteiger partial charge in [-0.1, -0.05) is 18.2 Å². The van der Waals surface area contributed by atoms with E-state index in [2.05, 4.69) is 10.6 Å². The van der Waals surface area contributed by atoms with Crippen LogP contribution in [0.5, 0.6) is 0 Å². The van der Waals surface area contributed by atoms with Crippen LogP contribution in [0.1, 0.15) is 28.6 Å². The van der Waals surface area contributed by atoms with E-state index in [0.717, 1.165) is 12.1 Å². The molecule has 0 saturated carbocycles. The highest BCUT2D eigenvalue weighted by atomic mass is 16.3. The first kappa shape index (κ1) is 19.2. The van der Waals surface area contributed by atoms with Crippen molar-refractivity contribution < 1.29 is 14.0 Å². The minimum absolute atomic E-state index is 0.0753. The summed E-state index contributed by atoms with van der Waals surface area (Å²) in [5.74, 6) is 0.468. The number of urea groups is 1. The number of nitrogens with zero attached hydrogens (tertiary/aromatic N) is 2. The maximum Gasteiger partial charge on any atom is 0.323 e. The van der Waals surface area contributed by atoms with E-state index in [-0.39, 0.29) is 29.0 Å². The first-order chi connectivity index (χ1) is 15.1. The van der Waals surface area contributed by atoms with Gasteiger partial charge in [0.25, 0.3) is 11.5 Å². The minimum Gasteiger partial charge on any atom is -0.459 e. The summed E-state index contributed by atoms with van der Waals surface area (Å²) >= 11 is 0. The summed E-state index contributed by atoms with van der Waals surface area (Å²) in [6.07, 6.45) is 2.43. The van der Waals surface area contributed by atoms with Gasteiger partial charge in [-0.25, -0.2) is 4.79 Å². The number of likely N-dealkylation sites (tertiary alicyclic amines) is 1. The van der Waals surface area contributed by atoms with Crippen LogP contribution in [0.4, 0.5) is 16.2 Å². The zero-order valence-corrected chi connectivity index (χ0v) is 16.8. The van der Waals surface area contributed by atoms with E-state index in [0.29, 0.717) is 31.1 Å². The Kier molecular flexibility index (Phi) is 4.82. The van der Waals surface area contributed by atoms with Crippen LogP contribution in [0.15, 0.2) is 70.1 Å². The quantitative estimate of drug-likeness (QED) is 0.682. The molecule has 2 aliphatic heterocycles. The molecule has 5 rings (SSSR count). The summed E-state index contributed by atoms with van der Waals surface area (Å²) in [6.45, 7) is 1.63. The Morgan fingerprint density at radius 3 is 2.55 bits per heavy atom. The molecule has 2 N–H and O–H groups in total. The Hall–Kier alpha value is -3.81. The summed E-state index contributed by atoms with van der Waals surface area (Å²) in [7, 11) is 0. The Balaban J connectivity index is 1.34. The third-order valence-corrected chi connectivity index (χ3v) is 5.90. The standard InChI is InChI=1S/C23H22N4O4/c28-21-18(25-23(30)24-17-5-2-1-3-6-17)8-9-19-16-11-15(13-27(19)21)12-26(14-16)22(29)20-7-4-10-31-20/h1-10,15-16H,11-14H2,(H2,24,25,30). The predicted molar refractivity (Wildman–Crippen MR) is 115 cm³/mol. The molecular formula is C23H22N4O4. The molecule has 2 aliphatic rings. The molecule has 1 saturated heterocycles. The lowest BCUT2D eigenvalue weighted by molar-refractivity contribution is 0.0564. The molecule has 1 fully saturated rings. The predicted octanol–water partition coefficient (Wildman–Crippen LogP) is 3.34. The third-order valence-electron chi connectivity index (χ3n) is 5.90. The molecule has 2 unspecified atom stereocenters. The van der Waals surface area contributed by atoms with Gasteiger partial charge in [-0.15, -0.1) is 0 Å². The monoisotopic (exact) mass is 418 g/mol. The molecule has 4 heterocycles. The largest absolute Gasteiger partial charge is 0.459 e. The van der Waals surface area contributed by atoms with Crippen molar-refractivity contribution in [2.75, 3.05) is 23.7 Å². The number of furan rings is 1. The first-order valence-electron chi connectivity index (χ1n) is 10.3. The number of carbonyl (C=O) groups is 2. The molecule has 158 valence electrons. The van der Waals surface area contributed by atoms with E-state index in [1.807, 2.05) is 29.2 Å². The highest BCUT2D eigenvalue weighted by molar-refractivity contribution is 5.99. The Morgan fingerprint density at radius 2 is 1.77 bits per heavy atom. The minimum atomic E-state index is -0.463. The second-order valence-corrected chi connectivity index (χ2v) is 8.02. The number of rotatable bonds is 3. The van der Waals surface area contributed by atoms with Crippen molar-refractivity contribution in [2.24, 2.45) is 5.92 Å². The number of amides is 3. The smallest absolute Gasteiger partial charge is 0.323 e. The summed E-state index contributed by atoms with van der Waals surface area (Å²) in [4.78, 5) is 39.9. The van der Waals surface area contributed by atoms with E-state index >= 15 is 0 Å². The number of pyridine rings is 1. The Bertz CT molecular complexity index is 1170. The molecule has 0 aliphatic carbocycles. The molecule has 31 heavy (non-hydrogen) atoms. The van der Waals surface area contributed by atoms with E-state index < -0.39 is 6.03 Å². The van der Waals surface area contributed by atoms with Crippen molar-refractivity contribution in [2.45, 2.75) is 18.9 Å². The zero-order valence-electron chi connectivity index (χ0n) is 16.8. The van der Waals surface area contributed by atoms with E-state index in [1.165, 1.54) is 6.26 Å². The Morgan fingerprint density at radius 1 is 0.935 bits per heavy atom. The van der Waals surface area contributed by atoms with Crippen LogP contribution < -0.4 is 16.2 Å². The molecule has 0 radical (unpaired) electrons. The molecule has 2 bridgehead atoms. The van der Waals surface area contributed by atoms with Crippen LogP contribution in [0.3, 0.4) is 0 Å². The molecule has 1 aromatic carbocycles. The number of piperidine rings is 1. The number of benzene rings is 1. The number of hydrogen-bond donors (Lipinski definition) is 2. The van der Waals surface area contributed by atoms with Gasteiger partial charge in [0.1, 0.15) is 5.69 Å². The number of anilines is 2. The summed E-state index contributed by atoms with van der Waals surface area (Å²) < 4.78 is 7.00. The van der Waals surface area contributed by atoms with Gasteiger partial charge in [0, 0.05) is 36.9 Å². The highest BCUT2D eigenvalue weighted by Crippen LogP contribution is 2.36. The molecule has 8 heteroatoms. The van der Waals surface area contributed by atoms with Crippen molar-refractivity contribution in [3.63, 3.8) is 0 Å². The zero-order chi connectivity index (χ0) is 21.4. The number of para-hydroxylation sites is 1. The summed E-state index contributed by atoms with van der Waals surface area (Å²) in [5, 5.41) is 5.38. The van der Waals surface area contributed by atoms with Crippen molar-refractivity contribution >= 4 is 23.3 Å². The molecule has 3 amide bonds. The van der Waals surface area contributed by atoms with E-state index in [1.54, 1.807) is 34.9 Å². The Labute approximate surface area is 178 Å². The third kappa shape index (κ3) is 3.72. The van der Waals surface area contributed by atoms with Crippen LogP contribution >= 0.6 is 0 Å². The van der Waals surface area contributed by atoms with Crippen LogP contribution in [-0.2, 0) is 6.54 Å². The lowest BCUT2D eigenvalue weighted by Crippen LogP contribution is -2.49. The first-order valence-corrected chi connectivity index (χ1v) is 10.3. The SMILES string of the molecule is O=C(Nc1ccccc1)Nc1ccc2n(c1=O)CC1CC2CN(C(=O)c2ccco2)C1. The van der Waals surface area contributed by atoms with Crippen molar-refractivity contribution in [1.82, 2.24) is 9.47 Å². The molecule has 0 spiro atoms. The van der Waals surface area contributed by atoms with Crippen molar-refractivity contribution in [3.8, 4) is 0 Å². The van der Waals surface area contributed by atoms with Gasteiger partial charge in [-0.3, -0.25) is 9.59 Å². The van der Waals surface area contributed by atoms with Gasteiger partial charge in [-0.2, -0.15) is 0 Å². The maximum absolute atomic E-state index is 13.1. The fourth-order valence-electron chi connectivity index (χ4n) is 4.57. The molecule has 3 aromatic rings. The summed E-state index contributed by atoms with van der Waals surface area (Å²) in [5.41, 5.74) is 1.56. The lowest BCUT2D eigenvalue weighted by Gasteiger charge is -2.42. The van der Waals surface area contributed by atoms with Gasteiger partial charge >= 0.3 is 6.03 Å². The van der Waals surface area contributed by atoms with Crippen molar-refractivity contribution in [1.29, 1.82) is 0 Å². The number of carbonyl (C=O) groups excluding carboxylic acids is 2. The maximum atomic E-state index is 13.1. The topological polar surface area (TPSA) is 96.6 Å². The fourth-order valence-corrected chi connectivity index (χ4v) is 4.57. The van der Waals surface area contributed by atoms with Crippen LogP contribution in [-0.4, -0.2) is 34.5 Å². The van der Waals surface area contributed by atoms with Crippen LogP contribution in [0, 0.1) is 5.92 Å². The lowest BCUT2D eigenvalue weighted by atomic mass is 9.83. The van der Waals surface area contributed by atoms with Gasteiger partial charge in [0.2, 0.25) is 0 Å². The molecule has 2 aromatic heterocycles. The van der Waals surface area contributed by atoms with Crippen LogP contribution in [0.2, 0.25) is 0 Å². The number of fused-ring (bicyclic) bond motifs is 4. The van der Waals surface area contributed by atoms with Crippen molar-refractivity contribution in [3.05, 3.63) is 82.7 Å². The van der Waals surface area contributed by atoms with Gasteiger partial charge in [0.15, 0.2) is 5.76 Å². The molecule has 8 nitrogen and oxygen atoms in total. The number of aromatic nitrogens is 1.